The Hall–Kier alpha value is -1.94. The molecule has 182 valence electrons. The van der Waals surface area contributed by atoms with Crippen LogP contribution in [0.3, 0.4) is 0 Å². The summed E-state index contributed by atoms with van der Waals surface area (Å²) in [6, 6.07) is 0. The lowest BCUT2D eigenvalue weighted by molar-refractivity contribution is -0.138. The molecule has 0 aliphatic carbocycles. The average Bonchev–Trinajstić information content (AvgIpc) is 2.97. The minimum absolute atomic E-state index is 0.0520. The van der Waals surface area contributed by atoms with Crippen LogP contribution in [-0.2, 0) is 23.9 Å². The van der Waals surface area contributed by atoms with E-state index in [0.717, 1.165) is 0 Å². The smallest absolute Gasteiger partial charge is 0.242 e. The summed E-state index contributed by atoms with van der Waals surface area (Å²) in [6.45, 7) is 9.65. The molecule has 1 aliphatic rings. The van der Waals surface area contributed by atoms with Gasteiger partial charge in [-0.2, -0.15) is 11.8 Å². The van der Waals surface area contributed by atoms with Crippen molar-refractivity contribution >= 4 is 41.6 Å². The number of nitrogens with one attached hydrogen (secondary N) is 2. The summed E-state index contributed by atoms with van der Waals surface area (Å²) in [6.07, 6.45) is 4.07. The average molecular weight is 471 g/mol. The summed E-state index contributed by atoms with van der Waals surface area (Å²) < 4.78 is 5.86. The van der Waals surface area contributed by atoms with Crippen molar-refractivity contribution in [1.29, 1.82) is 0 Å². The molecule has 0 aromatic rings. The van der Waals surface area contributed by atoms with Crippen molar-refractivity contribution in [3.8, 4) is 0 Å². The van der Waals surface area contributed by atoms with Crippen molar-refractivity contribution in [2.24, 2.45) is 15.8 Å². The topological polar surface area (TPSA) is 117 Å². The van der Waals surface area contributed by atoms with E-state index < -0.39 is 0 Å². The van der Waals surface area contributed by atoms with E-state index in [-0.39, 0.29) is 59.1 Å². The minimum atomic E-state index is -0.331. The normalized spacial score (nSPS) is 17.3. The third kappa shape index (κ3) is 10.1. The summed E-state index contributed by atoms with van der Waals surface area (Å²) in [5.41, 5.74) is -0.634. The number of ether oxygens (including phenoxy) is 1. The van der Waals surface area contributed by atoms with Crippen LogP contribution in [0.15, 0.2) is 4.99 Å². The van der Waals surface area contributed by atoms with Crippen LogP contribution in [-0.4, -0.2) is 86.1 Å². The van der Waals surface area contributed by atoms with Crippen molar-refractivity contribution in [3.05, 3.63) is 0 Å². The molecule has 0 radical (unpaired) electrons. The highest BCUT2D eigenvalue weighted by molar-refractivity contribution is 8.00. The largest absolute Gasteiger partial charge is 0.380 e. The van der Waals surface area contributed by atoms with E-state index in [9.17, 15) is 19.2 Å². The van der Waals surface area contributed by atoms with Gasteiger partial charge in [-0.1, -0.05) is 27.7 Å². The SMILES string of the molecule is CN=CCNC(=O)CC(C)(C)COCC(C)(C)CNC(=O)CCN1C(=O)CC(SC)C1=O. The Bertz CT molecular complexity index is 708. The van der Waals surface area contributed by atoms with Crippen LogP contribution < -0.4 is 10.6 Å². The molecule has 9 nitrogen and oxygen atoms in total. The van der Waals surface area contributed by atoms with E-state index in [4.69, 9.17) is 4.74 Å². The zero-order valence-corrected chi connectivity index (χ0v) is 21.0. The molecule has 2 N–H and O–H groups in total. The molecule has 10 heteroatoms. The zero-order chi connectivity index (χ0) is 24.4. The van der Waals surface area contributed by atoms with Crippen LogP contribution in [0.2, 0.25) is 0 Å². The molecular formula is C22H38N4O5S. The fourth-order valence-electron chi connectivity index (χ4n) is 3.17. The highest BCUT2D eigenvalue weighted by atomic mass is 32.2. The molecule has 1 fully saturated rings. The van der Waals surface area contributed by atoms with Crippen molar-refractivity contribution < 1.29 is 23.9 Å². The predicted molar refractivity (Wildman–Crippen MR) is 127 cm³/mol. The molecule has 0 aromatic carbocycles. The number of imide groups is 1. The first-order chi connectivity index (χ1) is 14.9. The van der Waals surface area contributed by atoms with Crippen LogP contribution in [0.5, 0.6) is 0 Å². The molecule has 0 saturated carbocycles. The third-order valence-electron chi connectivity index (χ3n) is 5.01. The first-order valence-corrected chi connectivity index (χ1v) is 12.1. The Morgan fingerprint density at radius 2 is 1.81 bits per heavy atom. The van der Waals surface area contributed by atoms with Crippen molar-refractivity contribution in [1.82, 2.24) is 15.5 Å². The minimum Gasteiger partial charge on any atom is -0.380 e. The highest BCUT2D eigenvalue weighted by Gasteiger charge is 2.37. The van der Waals surface area contributed by atoms with Crippen LogP contribution in [0.4, 0.5) is 0 Å². The van der Waals surface area contributed by atoms with Gasteiger partial charge >= 0.3 is 0 Å². The lowest BCUT2D eigenvalue weighted by Crippen LogP contribution is -2.40. The molecule has 1 heterocycles. The molecule has 1 saturated heterocycles. The quantitative estimate of drug-likeness (QED) is 0.292. The van der Waals surface area contributed by atoms with Crippen molar-refractivity contribution in [2.75, 3.05) is 46.2 Å². The first kappa shape index (κ1) is 28.1. The van der Waals surface area contributed by atoms with E-state index >= 15 is 0 Å². The molecule has 1 aliphatic heterocycles. The van der Waals surface area contributed by atoms with Gasteiger partial charge in [-0.25, -0.2) is 0 Å². The molecule has 4 amide bonds. The Morgan fingerprint density at radius 1 is 1.16 bits per heavy atom. The summed E-state index contributed by atoms with van der Waals surface area (Å²) in [7, 11) is 1.66. The lowest BCUT2D eigenvalue weighted by Gasteiger charge is -2.29. The Kier molecular flexibility index (Phi) is 11.4. The van der Waals surface area contributed by atoms with Gasteiger partial charge in [0.1, 0.15) is 0 Å². The number of thioether (sulfide) groups is 1. The highest BCUT2D eigenvalue weighted by Crippen LogP contribution is 2.24. The predicted octanol–water partition coefficient (Wildman–Crippen LogP) is 1.26. The van der Waals surface area contributed by atoms with Gasteiger partial charge in [-0.3, -0.25) is 29.1 Å². The van der Waals surface area contributed by atoms with Gasteiger partial charge < -0.3 is 15.4 Å². The van der Waals surface area contributed by atoms with E-state index in [1.807, 2.05) is 27.7 Å². The van der Waals surface area contributed by atoms with Gasteiger partial charge in [-0.05, 0) is 11.7 Å². The molecular weight excluding hydrogens is 432 g/mol. The number of amides is 4. The second kappa shape index (κ2) is 12.9. The van der Waals surface area contributed by atoms with Crippen LogP contribution in [0.25, 0.3) is 0 Å². The van der Waals surface area contributed by atoms with E-state index in [0.29, 0.717) is 32.7 Å². The standard InChI is InChI=1S/C22H38N4O5S/c1-21(2,12-18(28)24-9-8-23-5)14-31-15-22(3,4)13-25-17(27)7-10-26-19(29)11-16(32-6)20(26)30/h8,16H,7,9-15H2,1-6H3,(H,24,28)(H,25,27). The summed E-state index contributed by atoms with van der Waals surface area (Å²) in [4.78, 5) is 53.2. The number of carbonyl (C=O) groups excluding carboxylic acids is 4. The summed E-state index contributed by atoms with van der Waals surface area (Å²) in [5.74, 6) is -0.688. The zero-order valence-electron chi connectivity index (χ0n) is 20.2. The molecule has 1 rings (SSSR count). The van der Waals surface area contributed by atoms with Crippen molar-refractivity contribution in [2.45, 2.75) is 52.2 Å². The van der Waals surface area contributed by atoms with Gasteiger partial charge in [0, 0.05) is 51.0 Å². The van der Waals surface area contributed by atoms with Crippen LogP contribution >= 0.6 is 11.8 Å². The van der Waals surface area contributed by atoms with E-state index in [1.165, 1.54) is 16.7 Å². The van der Waals surface area contributed by atoms with Crippen LogP contribution in [0, 0.1) is 10.8 Å². The Labute approximate surface area is 195 Å². The van der Waals surface area contributed by atoms with E-state index in [2.05, 4.69) is 15.6 Å². The van der Waals surface area contributed by atoms with Crippen molar-refractivity contribution in [3.63, 3.8) is 0 Å². The first-order valence-electron chi connectivity index (χ1n) is 10.8. The van der Waals surface area contributed by atoms with Gasteiger partial charge in [-0.15, -0.1) is 0 Å². The molecule has 0 spiro atoms. The molecule has 0 aromatic heterocycles. The monoisotopic (exact) mass is 470 g/mol. The molecule has 0 bridgehead atoms. The fraction of sp³-hybridized carbons (Fsp3) is 0.773. The Balaban J connectivity index is 2.32. The second-order valence-electron chi connectivity index (χ2n) is 9.58. The third-order valence-corrected chi connectivity index (χ3v) is 5.95. The number of carbonyl (C=O) groups is 4. The molecule has 1 unspecified atom stereocenters. The van der Waals surface area contributed by atoms with Gasteiger partial charge in [0.15, 0.2) is 0 Å². The van der Waals surface area contributed by atoms with Gasteiger partial charge in [0.05, 0.1) is 25.0 Å². The fourth-order valence-corrected chi connectivity index (χ4v) is 3.80. The van der Waals surface area contributed by atoms with Gasteiger partial charge in [0.25, 0.3) is 0 Å². The number of rotatable bonds is 14. The maximum Gasteiger partial charge on any atom is 0.242 e. The summed E-state index contributed by atoms with van der Waals surface area (Å²) in [5, 5.41) is 5.31. The number of aliphatic imine (C=N–C) groups is 1. The van der Waals surface area contributed by atoms with Crippen LogP contribution in [0.1, 0.15) is 47.0 Å². The maximum absolute atomic E-state index is 12.2. The van der Waals surface area contributed by atoms with E-state index in [1.54, 1.807) is 19.5 Å². The van der Waals surface area contributed by atoms with Gasteiger partial charge in [0.2, 0.25) is 23.6 Å². The number of nitrogens with zero attached hydrogens (tertiary/aromatic N) is 2. The molecule has 1 atom stereocenters. The maximum atomic E-state index is 12.2. The molecule has 32 heavy (non-hydrogen) atoms. The number of hydrogen-bond donors (Lipinski definition) is 2. The number of likely N-dealkylation sites (tertiary alicyclic amines) is 1. The Morgan fingerprint density at radius 3 is 2.41 bits per heavy atom. The number of hydrogen-bond acceptors (Lipinski definition) is 7. The second-order valence-corrected chi connectivity index (χ2v) is 10.6. The summed E-state index contributed by atoms with van der Waals surface area (Å²) >= 11 is 1.36. The lowest BCUT2D eigenvalue weighted by atomic mass is 9.89.